The molecule has 4 rings (SSSR count). The maximum absolute atomic E-state index is 3.53. The molecule has 0 atom stereocenters. The molecule has 1 fully saturated rings. The van der Waals surface area contributed by atoms with Gasteiger partial charge in [-0.2, -0.15) is 0 Å². The first-order valence-electron chi connectivity index (χ1n) is 9.65. The van der Waals surface area contributed by atoms with Crippen LogP contribution in [-0.2, 0) is 0 Å². The van der Waals surface area contributed by atoms with Crippen molar-refractivity contribution in [1.82, 2.24) is 5.32 Å². The minimum absolute atomic E-state index is 0. The van der Waals surface area contributed by atoms with Crippen molar-refractivity contribution in [3.63, 3.8) is 0 Å². The van der Waals surface area contributed by atoms with E-state index in [2.05, 4.69) is 96.3 Å². The molecule has 3 heteroatoms. The van der Waals surface area contributed by atoms with Crippen LogP contribution in [0.1, 0.15) is 12.8 Å². The van der Waals surface area contributed by atoms with Crippen molar-refractivity contribution in [2.75, 3.05) is 19.3 Å². The molecule has 1 saturated heterocycles. The van der Waals surface area contributed by atoms with Crippen molar-refractivity contribution in [3.05, 3.63) is 91.0 Å². The molecule has 27 heavy (non-hydrogen) atoms. The Morgan fingerprint density at radius 1 is 0.630 bits per heavy atom. The Bertz CT molecular complexity index is 705. The van der Waals surface area contributed by atoms with Gasteiger partial charge in [0.25, 0.3) is 0 Å². The molecule has 1 aliphatic rings. The number of nitrogens with one attached hydrogen (secondary N) is 1. The Morgan fingerprint density at radius 2 is 1.00 bits per heavy atom. The van der Waals surface area contributed by atoms with Gasteiger partial charge in [0.1, 0.15) is 23.2 Å². The van der Waals surface area contributed by atoms with Crippen LogP contribution in [0.25, 0.3) is 0 Å². The third-order valence-corrected chi connectivity index (χ3v) is 10.2. The zero-order valence-electron chi connectivity index (χ0n) is 15.6. The summed E-state index contributed by atoms with van der Waals surface area (Å²) in [5.41, 5.74) is 0. The average molecular weight is 396 g/mol. The lowest BCUT2D eigenvalue weighted by atomic mass is 10.0. The summed E-state index contributed by atoms with van der Waals surface area (Å²) >= 11 is 0. The molecule has 140 valence electrons. The highest BCUT2D eigenvalue weighted by molar-refractivity contribution is 7.95. The highest BCUT2D eigenvalue weighted by Gasteiger charge is 2.46. The zero-order chi connectivity index (χ0) is 17.7. The molecule has 0 unspecified atom stereocenters. The Morgan fingerprint density at radius 3 is 1.37 bits per heavy atom. The molecule has 0 spiro atoms. The second-order valence-electron chi connectivity index (χ2n) is 7.19. The van der Waals surface area contributed by atoms with Crippen LogP contribution in [0, 0.1) is 5.92 Å². The second-order valence-corrected chi connectivity index (χ2v) is 10.7. The lowest BCUT2D eigenvalue weighted by Gasteiger charge is -2.32. The van der Waals surface area contributed by atoms with Gasteiger partial charge in [-0.05, 0) is 68.2 Å². The summed E-state index contributed by atoms with van der Waals surface area (Å²) in [7, 11) is -1.65. The summed E-state index contributed by atoms with van der Waals surface area (Å²) < 4.78 is 0. The highest BCUT2D eigenvalue weighted by Crippen LogP contribution is 2.57. The molecule has 0 aliphatic carbocycles. The third-order valence-electron chi connectivity index (χ3n) is 5.58. The molecule has 3 aromatic carbocycles. The van der Waals surface area contributed by atoms with E-state index in [9.17, 15) is 0 Å². The summed E-state index contributed by atoms with van der Waals surface area (Å²) in [4.78, 5) is 0. The molecule has 1 heterocycles. The van der Waals surface area contributed by atoms with Gasteiger partial charge in [0.05, 0.1) is 6.16 Å². The smallest absolute Gasteiger partial charge is 0.112 e. The molecule has 1 aliphatic heterocycles. The van der Waals surface area contributed by atoms with E-state index in [1.54, 1.807) is 0 Å². The highest BCUT2D eigenvalue weighted by atomic mass is 35.5. The van der Waals surface area contributed by atoms with Crippen LogP contribution < -0.4 is 33.6 Å². The van der Waals surface area contributed by atoms with Crippen LogP contribution in [0.5, 0.6) is 0 Å². The van der Waals surface area contributed by atoms with Crippen LogP contribution in [-0.4, -0.2) is 19.3 Å². The predicted molar refractivity (Wildman–Crippen MR) is 116 cm³/mol. The van der Waals surface area contributed by atoms with Gasteiger partial charge >= 0.3 is 0 Å². The predicted octanol–water partition coefficient (Wildman–Crippen LogP) is 0.984. The fraction of sp³-hybridized carbons (Fsp3) is 0.250. The van der Waals surface area contributed by atoms with Crippen molar-refractivity contribution in [2.24, 2.45) is 5.92 Å². The fourth-order valence-corrected chi connectivity index (χ4v) is 8.97. The maximum atomic E-state index is 3.53. The van der Waals surface area contributed by atoms with Crippen molar-refractivity contribution in [2.45, 2.75) is 12.8 Å². The van der Waals surface area contributed by atoms with E-state index in [-0.39, 0.29) is 12.4 Å². The standard InChI is InChI=1S/C24H27NP.ClH/c1-4-10-22(11-5-1)26(23-12-6-2-7-13-23,24-14-8-3-9-15-24)20-21-16-18-25-19-17-21;/h1-15,21,25H,16-20H2;1H/q+1;/p-1. The molecular weight excluding hydrogens is 369 g/mol. The number of halogens is 1. The quantitative estimate of drug-likeness (QED) is 0.635. The second kappa shape index (κ2) is 9.51. The Balaban J connectivity index is 0.00000210. The van der Waals surface area contributed by atoms with Crippen LogP contribution in [0.15, 0.2) is 91.0 Å². The molecule has 0 aromatic heterocycles. The molecule has 0 amide bonds. The lowest BCUT2D eigenvalue weighted by Crippen LogP contribution is -3.00. The minimum atomic E-state index is -1.65. The molecule has 0 saturated carbocycles. The van der Waals surface area contributed by atoms with Crippen molar-refractivity contribution < 1.29 is 12.4 Å². The van der Waals surface area contributed by atoms with E-state index in [4.69, 9.17) is 0 Å². The topological polar surface area (TPSA) is 12.0 Å². The Labute approximate surface area is 170 Å². The fourth-order valence-electron chi connectivity index (χ4n) is 4.26. The van der Waals surface area contributed by atoms with Crippen LogP contribution in [0.2, 0.25) is 0 Å². The van der Waals surface area contributed by atoms with Gasteiger partial charge in [0.2, 0.25) is 0 Å². The van der Waals surface area contributed by atoms with Crippen LogP contribution >= 0.6 is 7.26 Å². The van der Waals surface area contributed by atoms with E-state index in [0.29, 0.717) is 0 Å². The van der Waals surface area contributed by atoms with Crippen molar-refractivity contribution in [1.29, 1.82) is 0 Å². The lowest BCUT2D eigenvalue weighted by molar-refractivity contribution is -0.00000518. The summed E-state index contributed by atoms with van der Waals surface area (Å²) in [5, 5.41) is 8.06. The molecule has 3 aromatic rings. The SMILES string of the molecule is [Cl-].c1ccc([P+](CC2CCNCC2)(c2ccccc2)c2ccccc2)cc1. The summed E-state index contributed by atoms with van der Waals surface area (Å²) in [5.74, 6) is 0.783. The number of rotatable bonds is 5. The monoisotopic (exact) mass is 395 g/mol. The van der Waals surface area contributed by atoms with Crippen molar-refractivity contribution in [3.8, 4) is 0 Å². The van der Waals surface area contributed by atoms with Crippen LogP contribution in [0.3, 0.4) is 0 Å². The molecule has 1 N–H and O–H groups in total. The van der Waals surface area contributed by atoms with E-state index in [1.165, 1.54) is 34.9 Å². The first-order chi connectivity index (χ1) is 12.9. The van der Waals surface area contributed by atoms with Gasteiger partial charge in [-0.1, -0.05) is 54.6 Å². The van der Waals surface area contributed by atoms with Crippen molar-refractivity contribution >= 4 is 23.2 Å². The number of hydrogen-bond acceptors (Lipinski definition) is 1. The summed E-state index contributed by atoms with van der Waals surface area (Å²) in [6, 6.07) is 33.8. The number of hydrogen-bond donors (Lipinski definition) is 1. The van der Waals surface area contributed by atoms with E-state index < -0.39 is 7.26 Å². The zero-order valence-corrected chi connectivity index (χ0v) is 17.2. The van der Waals surface area contributed by atoms with Gasteiger partial charge in [-0.3, -0.25) is 0 Å². The molecular formula is C24H27ClNP. The first-order valence-corrected chi connectivity index (χ1v) is 11.6. The normalized spacial score (nSPS) is 15.1. The van der Waals surface area contributed by atoms with Gasteiger partial charge in [0.15, 0.2) is 0 Å². The van der Waals surface area contributed by atoms with Gasteiger partial charge in [0, 0.05) is 0 Å². The largest absolute Gasteiger partial charge is 1.00 e. The molecule has 0 radical (unpaired) electrons. The first kappa shape index (κ1) is 20.1. The summed E-state index contributed by atoms with van der Waals surface area (Å²) in [6.45, 7) is 2.31. The molecule has 1 nitrogen and oxygen atoms in total. The number of benzene rings is 3. The summed E-state index contributed by atoms with van der Waals surface area (Å²) in [6.07, 6.45) is 3.84. The van der Waals surface area contributed by atoms with E-state index >= 15 is 0 Å². The number of piperidine rings is 1. The van der Waals surface area contributed by atoms with Crippen LogP contribution in [0.4, 0.5) is 0 Å². The Hall–Kier alpha value is -1.66. The maximum Gasteiger partial charge on any atom is 0.112 e. The third kappa shape index (κ3) is 4.27. The minimum Gasteiger partial charge on any atom is -1.00 e. The van der Waals surface area contributed by atoms with Gasteiger partial charge in [-0.15, -0.1) is 0 Å². The molecule has 0 bridgehead atoms. The Kier molecular flexibility index (Phi) is 7.07. The van der Waals surface area contributed by atoms with E-state index in [1.807, 2.05) is 0 Å². The average Bonchev–Trinajstić information content (AvgIpc) is 2.75. The van der Waals surface area contributed by atoms with E-state index in [0.717, 1.165) is 19.0 Å². The van der Waals surface area contributed by atoms with Gasteiger partial charge < -0.3 is 17.7 Å². The van der Waals surface area contributed by atoms with Gasteiger partial charge in [-0.25, -0.2) is 0 Å².